The minimum atomic E-state index is -0.914. The van der Waals surface area contributed by atoms with Crippen molar-refractivity contribution < 1.29 is 24.2 Å². The quantitative estimate of drug-likeness (QED) is 0.300. The summed E-state index contributed by atoms with van der Waals surface area (Å²) in [7, 11) is 0. The van der Waals surface area contributed by atoms with Gasteiger partial charge in [0.25, 0.3) is 0 Å². The van der Waals surface area contributed by atoms with Gasteiger partial charge in [0.15, 0.2) is 0 Å². The van der Waals surface area contributed by atoms with Crippen LogP contribution in [0.25, 0.3) is 0 Å². The number of carbonyl (C=O) groups is 2. The second-order valence-corrected chi connectivity index (χ2v) is 10.5. The zero-order valence-electron chi connectivity index (χ0n) is 23.4. The molecule has 3 atom stereocenters. The van der Waals surface area contributed by atoms with Gasteiger partial charge in [-0.1, -0.05) is 56.2 Å². The lowest BCUT2D eigenvalue weighted by atomic mass is 9.88. The molecule has 38 heavy (non-hydrogen) atoms. The van der Waals surface area contributed by atoms with E-state index in [-0.39, 0.29) is 18.2 Å². The van der Waals surface area contributed by atoms with Crippen molar-refractivity contribution in [2.24, 2.45) is 5.92 Å². The van der Waals surface area contributed by atoms with E-state index >= 15 is 0 Å². The van der Waals surface area contributed by atoms with Gasteiger partial charge in [0, 0.05) is 24.9 Å². The van der Waals surface area contributed by atoms with Gasteiger partial charge in [0.2, 0.25) is 0 Å². The zero-order chi connectivity index (χ0) is 27.5. The van der Waals surface area contributed by atoms with E-state index in [1.807, 2.05) is 61.2 Å². The maximum absolute atomic E-state index is 13.1. The van der Waals surface area contributed by atoms with Crippen LogP contribution in [-0.2, 0) is 16.1 Å². The van der Waals surface area contributed by atoms with Crippen LogP contribution < -0.4 is 5.32 Å². The first-order valence-electron chi connectivity index (χ1n) is 13.9. The van der Waals surface area contributed by atoms with Crippen molar-refractivity contribution in [1.29, 1.82) is 0 Å². The molecule has 0 aromatic heterocycles. The van der Waals surface area contributed by atoms with Crippen LogP contribution in [0.4, 0.5) is 10.5 Å². The standard InChI is InChI=1S/C31H44N2O5/c1-5-10-24(4)33(31(36)32-28-16-7-6-11-22(28)2)17-18-38-27-15-9-13-25(19-27)20-37-21-26-14-8-12-23(3)29(26)30(34)35/h6-8,11-12,14,16,24-25,27H,5,9-10,13,15,17-21H2,1-4H3,(H,32,36)(H,34,35). The summed E-state index contributed by atoms with van der Waals surface area (Å²) in [5.74, 6) is -0.533. The van der Waals surface area contributed by atoms with Crippen molar-refractivity contribution >= 4 is 17.7 Å². The van der Waals surface area contributed by atoms with Gasteiger partial charge in [-0.05, 0) is 75.1 Å². The van der Waals surface area contributed by atoms with E-state index in [0.717, 1.165) is 55.3 Å². The number of aryl methyl sites for hydroxylation is 2. The molecule has 1 aliphatic rings. The largest absolute Gasteiger partial charge is 0.478 e. The fraction of sp³-hybridized carbons (Fsp3) is 0.548. The van der Waals surface area contributed by atoms with Crippen LogP contribution in [0, 0.1) is 19.8 Å². The number of carbonyl (C=O) groups excluding carboxylic acids is 1. The van der Waals surface area contributed by atoms with Gasteiger partial charge < -0.3 is 24.8 Å². The van der Waals surface area contributed by atoms with Crippen molar-refractivity contribution in [1.82, 2.24) is 4.90 Å². The Bertz CT molecular complexity index is 1060. The van der Waals surface area contributed by atoms with Gasteiger partial charge in [-0.2, -0.15) is 0 Å². The number of urea groups is 1. The number of amides is 2. The molecule has 3 rings (SSSR count). The van der Waals surface area contributed by atoms with Gasteiger partial charge in [-0.25, -0.2) is 9.59 Å². The maximum Gasteiger partial charge on any atom is 0.336 e. The molecule has 0 aliphatic heterocycles. The Kier molecular flexibility index (Phi) is 11.6. The first-order chi connectivity index (χ1) is 18.3. The highest BCUT2D eigenvalue weighted by Crippen LogP contribution is 2.27. The van der Waals surface area contributed by atoms with Crippen LogP contribution in [0.3, 0.4) is 0 Å². The van der Waals surface area contributed by atoms with Gasteiger partial charge >= 0.3 is 12.0 Å². The zero-order valence-corrected chi connectivity index (χ0v) is 23.4. The summed E-state index contributed by atoms with van der Waals surface area (Å²) in [4.78, 5) is 26.7. The van der Waals surface area contributed by atoms with E-state index in [4.69, 9.17) is 9.47 Å². The number of benzene rings is 2. The third-order valence-corrected chi connectivity index (χ3v) is 7.49. The molecule has 1 fully saturated rings. The average molecular weight is 525 g/mol. The van der Waals surface area contributed by atoms with Crippen LogP contribution in [0.1, 0.15) is 79.4 Å². The number of ether oxygens (including phenoxy) is 2. The SMILES string of the molecule is CCCC(C)N(CCOC1CCCC(COCc2cccc(C)c2C(=O)O)C1)C(=O)Nc1ccccc1C. The number of para-hydroxylation sites is 1. The molecule has 2 aromatic rings. The van der Waals surface area contributed by atoms with Crippen LogP contribution in [0.15, 0.2) is 42.5 Å². The molecule has 0 heterocycles. The van der Waals surface area contributed by atoms with Crippen molar-refractivity contribution in [3.8, 4) is 0 Å². The van der Waals surface area contributed by atoms with E-state index in [1.165, 1.54) is 0 Å². The predicted molar refractivity (Wildman–Crippen MR) is 151 cm³/mol. The van der Waals surface area contributed by atoms with E-state index in [9.17, 15) is 14.7 Å². The Balaban J connectivity index is 1.48. The lowest BCUT2D eigenvalue weighted by Crippen LogP contribution is -2.44. The number of nitrogens with one attached hydrogen (secondary N) is 1. The molecule has 2 aromatic carbocycles. The number of rotatable bonds is 13. The van der Waals surface area contributed by atoms with Gasteiger partial charge in [0.1, 0.15) is 0 Å². The topological polar surface area (TPSA) is 88.1 Å². The van der Waals surface area contributed by atoms with Crippen LogP contribution in [0.5, 0.6) is 0 Å². The van der Waals surface area contributed by atoms with Crippen molar-refractivity contribution in [3.63, 3.8) is 0 Å². The molecular formula is C31H44N2O5. The van der Waals surface area contributed by atoms with E-state index in [1.54, 1.807) is 0 Å². The minimum absolute atomic E-state index is 0.0874. The summed E-state index contributed by atoms with van der Waals surface area (Å²) >= 11 is 0. The molecule has 0 spiro atoms. The number of hydrogen-bond donors (Lipinski definition) is 2. The molecule has 0 radical (unpaired) electrons. The summed E-state index contributed by atoms with van der Waals surface area (Å²) in [6.07, 6.45) is 6.18. The molecular weight excluding hydrogens is 480 g/mol. The highest BCUT2D eigenvalue weighted by molar-refractivity contribution is 5.91. The van der Waals surface area contributed by atoms with Gasteiger partial charge in [-0.3, -0.25) is 0 Å². The summed E-state index contributed by atoms with van der Waals surface area (Å²) in [6, 6.07) is 13.4. The summed E-state index contributed by atoms with van der Waals surface area (Å²) in [5.41, 5.74) is 3.68. The normalized spacial score (nSPS) is 18.1. The minimum Gasteiger partial charge on any atom is -0.478 e. The number of carboxylic acids is 1. The first kappa shape index (κ1) is 29.7. The molecule has 3 unspecified atom stereocenters. The highest BCUT2D eigenvalue weighted by atomic mass is 16.5. The molecule has 0 bridgehead atoms. The fourth-order valence-corrected chi connectivity index (χ4v) is 5.35. The molecule has 208 valence electrons. The first-order valence-corrected chi connectivity index (χ1v) is 13.9. The Morgan fingerprint density at radius 2 is 1.87 bits per heavy atom. The second kappa shape index (κ2) is 14.9. The van der Waals surface area contributed by atoms with Gasteiger partial charge in [-0.15, -0.1) is 0 Å². The lowest BCUT2D eigenvalue weighted by molar-refractivity contribution is -0.0154. The molecule has 7 heteroatoms. The lowest BCUT2D eigenvalue weighted by Gasteiger charge is -2.32. The number of anilines is 1. The Morgan fingerprint density at radius 3 is 2.61 bits per heavy atom. The van der Waals surface area contributed by atoms with E-state index in [2.05, 4.69) is 19.2 Å². The molecule has 2 N–H and O–H groups in total. The van der Waals surface area contributed by atoms with Crippen LogP contribution >= 0.6 is 0 Å². The fourth-order valence-electron chi connectivity index (χ4n) is 5.35. The highest BCUT2D eigenvalue weighted by Gasteiger charge is 2.25. The average Bonchev–Trinajstić information content (AvgIpc) is 2.88. The van der Waals surface area contributed by atoms with E-state index < -0.39 is 5.97 Å². The predicted octanol–water partition coefficient (Wildman–Crippen LogP) is 6.82. The van der Waals surface area contributed by atoms with Crippen LogP contribution in [0.2, 0.25) is 0 Å². The Hall–Kier alpha value is -2.90. The van der Waals surface area contributed by atoms with Crippen molar-refractivity contribution in [3.05, 3.63) is 64.7 Å². The molecule has 0 saturated heterocycles. The third kappa shape index (κ3) is 8.57. The molecule has 1 saturated carbocycles. The molecule has 7 nitrogen and oxygen atoms in total. The van der Waals surface area contributed by atoms with E-state index in [0.29, 0.717) is 43.4 Å². The smallest absolute Gasteiger partial charge is 0.336 e. The van der Waals surface area contributed by atoms with Crippen LogP contribution in [-0.4, -0.2) is 53.9 Å². The number of carboxylic acid groups (broad SMARTS) is 1. The third-order valence-electron chi connectivity index (χ3n) is 7.49. The second-order valence-electron chi connectivity index (χ2n) is 10.5. The van der Waals surface area contributed by atoms with Gasteiger partial charge in [0.05, 0.1) is 24.9 Å². The summed E-state index contributed by atoms with van der Waals surface area (Å²) < 4.78 is 12.2. The number of hydrogen-bond acceptors (Lipinski definition) is 4. The Labute approximate surface area is 227 Å². The maximum atomic E-state index is 13.1. The van der Waals surface area contributed by atoms with Crippen molar-refractivity contribution in [2.45, 2.75) is 85.0 Å². The molecule has 1 aliphatic carbocycles. The molecule has 2 amide bonds. The summed E-state index contributed by atoms with van der Waals surface area (Å²) in [6.45, 7) is 9.97. The number of aromatic carboxylic acids is 1. The Morgan fingerprint density at radius 1 is 1.11 bits per heavy atom. The summed E-state index contributed by atoms with van der Waals surface area (Å²) in [5, 5.41) is 12.6. The number of nitrogens with zero attached hydrogens (tertiary/aromatic N) is 1. The van der Waals surface area contributed by atoms with Crippen molar-refractivity contribution in [2.75, 3.05) is 25.1 Å². The monoisotopic (exact) mass is 524 g/mol.